The van der Waals surface area contributed by atoms with E-state index in [1.807, 2.05) is 23.1 Å². The number of aryl methyl sites for hydroxylation is 1. The van der Waals surface area contributed by atoms with E-state index in [2.05, 4.69) is 63.8 Å². The van der Waals surface area contributed by atoms with Gasteiger partial charge in [-0.05, 0) is 37.1 Å². The molecule has 0 radical (unpaired) electrons. The van der Waals surface area contributed by atoms with Gasteiger partial charge in [0.25, 0.3) is 0 Å². The highest BCUT2D eigenvalue weighted by molar-refractivity contribution is 14.0. The Morgan fingerprint density at radius 3 is 2.64 bits per heavy atom. The highest BCUT2D eigenvalue weighted by Gasteiger charge is 2.02. The van der Waals surface area contributed by atoms with Crippen LogP contribution in [0.5, 0.6) is 0 Å². The standard InChI is InChI=1S/C20H26N6S.HI/c1-3-18-15-23-19(27-18)10-12-22-20(21-4-2)24-14-16-6-8-17(9-7-16)26-13-5-11-25-26;/h5-9,11,13,15H,3-4,10,12,14H2,1-2H3,(H2,21,22,24);1H. The normalized spacial score (nSPS) is 11.1. The van der Waals surface area contributed by atoms with Crippen LogP contribution >= 0.6 is 35.3 Å². The van der Waals surface area contributed by atoms with E-state index in [4.69, 9.17) is 0 Å². The first-order chi connectivity index (χ1) is 13.3. The summed E-state index contributed by atoms with van der Waals surface area (Å²) in [6.07, 6.45) is 7.65. The lowest BCUT2D eigenvalue weighted by atomic mass is 10.2. The smallest absolute Gasteiger partial charge is 0.191 e. The number of thiazole rings is 1. The molecule has 150 valence electrons. The Labute approximate surface area is 187 Å². The second-order valence-electron chi connectivity index (χ2n) is 6.06. The minimum atomic E-state index is 0. The molecule has 28 heavy (non-hydrogen) atoms. The molecule has 0 saturated carbocycles. The van der Waals surface area contributed by atoms with Gasteiger partial charge in [-0.1, -0.05) is 19.1 Å². The number of benzene rings is 1. The second-order valence-corrected chi connectivity index (χ2v) is 7.26. The molecule has 0 aliphatic rings. The van der Waals surface area contributed by atoms with Crippen molar-refractivity contribution in [1.29, 1.82) is 0 Å². The Bertz CT molecular complexity index is 842. The van der Waals surface area contributed by atoms with Crippen molar-refractivity contribution in [2.75, 3.05) is 13.1 Å². The molecule has 2 N–H and O–H groups in total. The number of hydrogen-bond acceptors (Lipinski definition) is 4. The molecule has 1 aromatic carbocycles. The van der Waals surface area contributed by atoms with Crippen molar-refractivity contribution >= 4 is 41.3 Å². The first-order valence-electron chi connectivity index (χ1n) is 9.33. The summed E-state index contributed by atoms with van der Waals surface area (Å²) in [6, 6.07) is 10.2. The number of guanidine groups is 1. The van der Waals surface area contributed by atoms with Gasteiger partial charge in [0, 0.05) is 43.0 Å². The number of aromatic nitrogens is 3. The number of halogens is 1. The maximum absolute atomic E-state index is 4.68. The van der Waals surface area contributed by atoms with Crippen LogP contribution in [0.4, 0.5) is 0 Å². The van der Waals surface area contributed by atoms with E-state index < -0.39 is 0 Å². The van der Waals surface area contributed by atoms with Gasteiger partial charge in [-0.2, -0.15) is 5.10 Å². The van der Waals surface area contributed by atoms with E-state index in [0.717, 1.165) is 43.1 Å². The summed E-state index contributed by atoms with van der Waals surface area (Å²) in [5, 5.41) is 12.1. The van der Waals surface area contributed by atoms with Crippen LogP contribution in [0.25, 0.3) is 5.69 Å². The predicted molar refractivity (Wildman–Crippen MR) is 127 cm³/mol. The van der Waals surface area contributed by atoms with Crippen molar-refractivity contribution in [2.24, 2.45) is 4.99 Å². The lowest BCUT2D eigenvalue weighted by molar-refractivity contribution is 0.796. The fraction of sp³-hybridized carbons (Fsp3) is 0.350. The molecule has 6 nitrogen and oxygen atoms in total. The summed E-state index contributed by atoms with van der Waals surface area (Å²) in [6.45, 7) is 6.52. The molecule has 3 rings (SSSR count). The average Bonchev–Trinajstić information content (AvgIpc) is 3.38. The maximum Gasteiger partial charge on any atom is 0.191 e. The third-order valence-electron chi connectivity index (χ3n) is 4.05. The molecular weight excluding hydrogens is 483 g/mol. The summed E-state index contributed by atoms with van der Waals surface area (Å²) in [4.78, 5) is 10.5. The highest BCUT2D eigenvalue weighted by atomic mass is 127. The first kappa shape index (κ1) is 22.4. The van der Waals surface area contributed by atoms with Crippen LogP contribution < -0.4 is 10.6 Å². The Kier molecular flexibility index (Phi) is 9.42. The molecular formula is C20H27IN6S. The van der Waals surface area contributed by atoms with Gasteiger partial charge < -0.3 is 10.6 Å². The Balaban J connectivity index is 0.00000280. The zero-order valence-corrected chi connectivity index (χ0v) is 19.4. The Morgan fingerprint density at radius 1 is 1.18 bits per heavy atom. The first-order valence-corrected chi connectivity index (χ1v) is 10.1. The lowest BCUT2D eigenvalue weighted by Gasteiger charge is -2.11. The Morgan fingerprint density at radius 2 is 2.00 bits per heavy atom. The number of aliphatic imine (C=N–C) groups is 1. The zero-order chi connectivity index (χ0) is 18.9. The van der Waals surface area contributed by atoms with Crippen LogP contribution in [0, 0.1) is 0 Å². The molecule has 0 fully saturated rings. The van der Waals surface area contributed by atoms with Gasteiger partial charge in [0.2, 0.25) is 0 Å². The van der Waals surface area contributed by atoms with E-state index in [9.17, 15) is 0 Å². The highest BCUT2D eigenvalue weighted by Crippen LogP contribution is 2.13. The van der Waals surface area contributed by atoms with E-state index in [1.54, 1.807) is 17.5 Å². The minimum Gasteiger partial charge on any atom is -0.357 e. The third-order valence-corrected chi connectivity index (χ3v) is 5.25. The van der Waals surface area contributed by atoms with Crippen LogP contribution in [0.2, 0.25) is 0 Å². The summed E-state index contributed by atoms with van der Waals surface area (Å²) in [5.41, 5.74) is 2.21. The van der Waals surface area contributed by atoms with E-state index in [-0.39, 0.29) is 24.0 Å². The molecule has 0 spiro atoms. The van der Waals surface area contributed by atoms with Gasteiger partial charge in [-0.15, -0.1) is 35.3 Å². The molecule has 0 saturated heterocycles. The van der Waals surface area contributed by atoms with Crippen molar-refractivity contribution in [3.8, 4) is 5.69 Å². The molecule has 3 aromatic rings. The van der Waals surface area contributed by atoms with Crippen LogP contribution in [0.1, 0.15) is 29.3 Å². The van der Waals surface area contributed by atoms with Gasteiger partial charge in [0.1, 0.15) is 0 Å². The van der Waals surface area contributed by atoms with Crippen molar-refractivity contribution < 1.29 is 0 Å². The van der Waals surface area contributed by atoms with Crippen LogP contribution in [-0.2, 0) is 19.4 Å². The Hall–Kier alpha value is -1.94. The molecule has 0 unspecified atom stereocenters. The quantitative estimate of drug-likeness (QED) is 0.275. The zero-order valence-electron chi connectivity index (χ0n) is 16.3. The van der Waals surface area contributed by atoms with Crippen molar-refractivity contribution in [1.82, 2.24) is 25.4 Å². The van der Waals surface area contributed by atoms with E-state index in [1.165, 1.54) is 9.88 Å². The van der Waals surface area contributed by atoms with Crippen molar-refractivity contribution in [3.05, 3.63) is 64.4 Å². The predicted octanol–water partition coefficient (Wildman–Crippen LogP) is 3.81. The van der Waals surface area contributed by atoms with Gasteiger partial charge in [-0.3, -0.25) is 0 Å². The van der Waals surface area contributed by atoms with Gasteiger partial charge in [0.05, 0.1) is 17.2 Å². The summed E-state index contributed by atoms with van der Waals surface area (Å²) in [5.74, 6) is 0.834. The summed E-state index contributed by atoms with van der Waals surface area (Å²) >= 11 is 1.79. The maximum atomic E-state index is 4.68. The number of nitrogens with one attached hydrogen (secondary N) is 2. The molecule has 2 aromatic heterocycles. The number of hydrogen-bond donors (Lipinski definition) is 2. The summed E-state index contributed by atoms with van der Waals surface area (Å²) in [7, 11) is 0. The van der Waals surface area contributed by atoms with Crippen LogP contribution in [0.3, 0.4) is 0 Å². The second kappa shape index (κ2) is 11.8. The average molecular weight is 510 g/mol. The molecule has 0 amide bonds. The van der Waals surface area contributed by atoms with E-state index in [0.29, 0.717) is 6.54 Å². The molecule has 2 heterocycles. The SMILES string of the molecule is CCNC(=NCc1ccc(-n2cccn2)cc1)NCCc1ncc(CC)s1.I. The largest absolute Gasteiger partial charge is 0.357 e. The van der Waals surface area contributed by atoms with Crippen molar-refractivity contribution in [2.45, 2.75) is 33.2 Å². The number of rotatable bonds is 8. The monoisotopic (exact) mass is 510 g/mol. The van der Waals surface area contributed by atoms with E-state index >= 15 is 0 Å². The molecule has 0 aliphatic carbocycles. The van der Waals surface area contributed by atoms with Crippen molar-refractivity contribution in [3.63, 3.8) is 0 Å². The fourth-order valence-electron chi connectivity index (χ4n) is 2.60. The third kappa shape index (κ3) is 6.59. The van der Waals surface area contributed by atoms with Gasteiger partial charge in [0.15, 0.2) is 5.96 Å². The minimum absolute atomic E-state index is 0. The molecule has 0 aliphatic heterocycles. The van der Waals surface area contributed by atoms with Crippen LogP contribution in [0.15, 0.2) is 53.9 Å². The molecule has 0 atom stereocenters. The van der Waals surface area contributed by atoms with Crippen LogP contribution in [-0.4, -0.2) is 33.8 Å². The van der Waals surface area contributed by atoms with Gasteiger partial charge >= 0.3 is 0 Å². The molecule has 8 heteroatoms. The number of nitrogens with zero attached hydrogens (tertiary/aromatic N) is 4. The fourth-order valence-corrected chi connectivity index (χ4v) is 3.46. The van der Waals surface area contributed by atoms with Gasteiger partial charge in [-0.25, -0.2) is 14.7 Å². The summed E-state index contributed by atoms with van der Waals surface area (Å²) < 4.78 is 1.85. The topological polar surface area (TPSA) is 67.1 Å². The molecule has 0 bridgehead atoms. The lowest BCUT2D eigenvalue weighted by Crippen LogP contribution is -2.38.